The van der Waals surface area contributed by atoms with Gasteiger partial charge in [-0.1, -0.05) is 13.0 Å². The fourth-order valence-electron chi connectivity index (χ4n) is 4.46. The van der Waals surface area contributed by atoms with E-state index in [1.165, 1.54) is 0 Å². The van der Waals surface area contributed by atoms with Crippen LogP contribution in [-0.4, -0.2) is 16.7 Å². The first-order valence-electron chi connectivity index (χ1n) is 8.26. The zero-order valence-corrected chi connectivity index (χ0v) is 13.4. The van der Waals surface area contributed by atoms with Crippen LogP contribution in [0.2, 0.25) is 0 Å². The van der Waals surface area contributed by atoms with E-state index in [2.05, 4.69) is 6.92 Å². The van der Waals surface area contributed by atoms with Gasteiger partial charge in [0.2, 0.25) is 0 Å². The van der Waals surface area contributed by atoms with E-state index < -0.39 is 0 Å². The van der Waals surface area contributed by atoms with Crippen LogP contribution in [0.15, 0.2) is 18.2 Å². The Morgan fingerprint density at radius 2 is 2.05 bits per heavy atom. The second-order valence-electron chi connectivity index (χ2n) is 7.21. The van der Waals surface area contributed by atoms with E-state index in [1.54, 1.807) is 12.1 Å². The van der Waals surface area contributed by atoms with E-state index in [-0.39, 0.29) is 23.0 Å². The molecular formula is C19H24O3. The molecule has 0 amide bonds. The van der Waals surface area contributed by atoms with Crippen LogP contribution in [0.5, 0.6) is 5.75 Å². The number of phenolic OH excluding ortho intramolecular Hbond substituents is 1. The summed E-state index contributed by atoms with van der Waals surface area (Å²) in [4.78, 5) is 24.6. The standard InChI is InChI=1S/C19H24O3/c1-12-3-5-14(20)11-13(12)4-6-15-16-7-8-18(22)19(16,2)10-9-17(15)21/h3,5,11,15-16,20H,4,6-10H2,1-2H3/t15?,16-,19-/m0/s1. The van der Waals surface area contributed by atoms with E-state index in [4.69, 9.17) is 0 Å². The van der Waals surface area contributed by atoms with Crippen LogP contribution in [0, 0.1) is 24.2 Å². The van der Waals surface area contributed by atoms with E-state index in [9.17, 15) is 14.7 Å². The van der Waals surface area contributed by atoms with Gasteiger partial charge >= 0.3 is 0 Å². The number of rotatable bonds is 3. The molecule has 1 unspecified atom stereocenters. The maximum absolute atomic E-state index is 12.4. The van der Waals surface area contributed by atoms with Crippen molar-refractivity contribution in [3.05, 3.63) is 29.3 Å². The zero-order chi connectivity index (χ0) is 15.9. The first-order chi connectivity index (χ1) is 10.4. The summed E-state index contributed by atoms with van der Waals surface area (Å²) in [6.07, 6.45) is 4.36. The number of hydrogen-bond acceptors (Lipinski definition) is 3. The van der Waals surface area contributed by atoms with Crippen molar-refractivity contribution >= 4 is 11.6 Å². The summed E-state index contributed by atoms with van der Waals surface area (Å²) in [7, 11) is 0. The molecule has 0 heterocycles. The van der Waals surface area contributed by atoms with Gasteiger partial charge in [-0.15, -0.1) is 0 Å². The number of hydrogen-bond donors (Lipinski definition) is 1. The summed E-state index contributed by atoms with van der Waals surface area (Å²) in [6, 6.07) is 5.40. The molecule has 118 valence electrons. The number of ketones is 2. The summed E-state index contributed by atoms with van der Waals surface area (Å²) in [5.74, 6) is 1.18. The van der Waals surface area contributed by atoms with E-state index in [0.717, 1.165) is 36.8 Å². The van der Waals surface area contributed by atoms with Crippen molar-refractivity contribution in [3.8, 4) is 5.75 Å². The lowest BCUT2D eigenvalue weighted by molar-refractivity contribution is -0.136. The second kappa shape index (κ2) is 5.53. The third-order valence-electron chi connectivity index (χ3n) is 5.99. The average Bonchev–Trinajstić information content (AvgIpc) is 2.78. The normalized spacial score (nSPS) is 31.4. The predicted molar refractivity (Wildman–Crippen MR) is 84.7 cm³/mol. The lowest BCUT2D eigenvalue weighted by Gasteiger charge is -2.39. The Kier molecular flexibility index (Phi) is 3.84. The number of aryl methyl sites for hydroxylation is 2. The number of phenols is 1. The third-order valence-corrected chi connectivity index (χ3v) is 5.99. The smallest absolute Gasteiger partial charge is 0.139 e. The van der Waals surface area contributed by atoms with Crippen LogP contribution in [0.3, 0.4) is 0 Å². The number of aromatic hydroxyl groups is 1. The molecule has 1 aromatic rings. The van der Waals surface area contributed by atoms with Gasteiger partial charge in [0.05, 0.1) is 0 Å². The number of fused-ring (bicyclic) bond motifs is 1. The molecule has 0 saturated heterocycles. The monoisotopic (exact) mass is 300 g/mol. The first-order valence-corrected chi connectivity index (χ1v) is 8.26. The molecule has 2 saturated carbocycles. The molecule has 3 atom stereocenters. The Balaban J connectivity index is 1.77. The van der Waals surface area contributed by atoms with E-state index >= 15 is 0 Å². The largest absolute Gasteiger partial charge is 0.508 e. The van der Waals surface area contributed by atoms with Crippen molar-refractivity contribution in [3.63, 3.8) is 0 Å². The Morgan fingerprint density at radius 1 is 1.27 bits per heavy atom. The first kappa shape index (κ1) is 15.3. The van der Waals surface area contributed by atoms with Gasteiger partial charge in [-0.05, 0) is 61.8 Å². The molecule has 3 nitrogen and oxygen atoms in total. The highest BCUT2D eigenvalue weighted by Gasteiger charge is 2.53. The molecule has 0 aromatic heterocycles. The molecular weight excluding hydrogens is 276 g/mol. The molecule has 22 heavy (non-hydrogen) atoms. The molecule has 2 fully saturated rings. The van der Waals surface area contributed by atoms with Gasteiger partial charge in [0.25, 0.3) is 0 Å². The van der Waals surface area contributed by atoms with Crippen molar-refractivity contribution in [2.45, 2.75) is 52.4 Å². The SMILES string of the molecule is Cc1ccc(O)cc1CCC1C(=O)CC[C@]2(C)C(=O)CC[C@@H]12. The minimum absolute atomic E-state index is 0.00643. The highest BCUT2D eigenvalue weighted by Crippen LogP contribution is 2.52. The molecule has 3 heteroatoms. The van der Waals surface area contributed by atoms with Crippen LogP contribution in [0.25, 0.3) is 0 Å². The Bertz CT molecular complexity index is 619. The van der Waals surface area contributed by atoms with Gasteiger partial charge in [0, 0.05) is 24.2 Å². The molecule has 2 aliphatic carbocycles. The maximum atomic E-state index is 12.4. The number of benzene rings is 1. The topological polar surface area (TPSA) is 54.4 Å². The predicted octanol–water partition coefficient (Wildman–Crippen LogP) is 3.60. The Hall–Kier alpha value is -1.64. The van der Waals surface area contributed by atoms with Gasteiger partial charge in [-0.25, -0.2) is 0 Å². The third kappa shape index (κ3) is 2.47. The summed E-state index contributed by atoms with van der Waals surface area (Å²) in [5, 5.41) is 9.64. The summed E-state index contributed by atoms with van der Waals surface area (Å²) in [5.41, 5.74) is 1.97. The number of carbonyl (C=O) groups is 2. The van der Waals surface area contributed by atoms with Crippen LogP contribution in [0.1, 0.15) is 50.2 Å². The van der Waals surface area contributed by atoms with E-state index in [0.29, 0.717) is 24.4 Å². The van der Waals surface area contributed by atoms with Gasteiger partial charge in [-0.2, -0.15) is 0 Å². The summed E-state index contributed by atoms with van der Waals surface area (Å²) < 4.78 is 0. The summed E-state index contributed by atoms with van der Waals surface area (Å²) >= 11 is 0. The maximum Gasteiger partial charge on any atom is 0.139 e. The van der Waals surface area contributed by atoms with Crippen LogP contribution in [-0.2, 0) is 16.0 Å². The molecule has 0 spiro atoms. The van der Waals surface area contributed by atoms with E-state index in [1.807, 2.05) is 13.0 Å². The van der Waals surface area contributed by atoms with Crippen molar-refractivity contribution in [2.24, 2.45) is 17.3 Å². The fourth-order valence-corrected chi connectivity index (χ4v) is 4.46. The molecule has 0 radical (unpaired) electrons. The minimum atomic E-state index is -0.271. The quantitative estimate of drug-likeness (QED) is 0.928. The summed E-state index contributed by atoms with van der Waals surface area (Å²) in [6.45, 7) is 4.09. The Morgan fingerprint density at radius 3 is 2.82 bits per heavy atom. The highest BCUT2D eigenvalue weighted by molar-refractivity contribution is 5.92. The molecule has 0 aliphatic heterocycles. The van der Waals surface area contributed by atoms with Crippen molar-refractivity contribution in [2.75, 3.05) is 0 Å². The lowest BCUT2D eigenvalue weighted by Crippen LogP contribution is -2.42. The zero-order valence-electron chi connectivity index (χ0n) is 13.4. The van der Waals surface area contributed by atoms with Gasteiger partial charge in [-0.3, -0.25) is 9.59 Å². The highest BCUT2D eigenvalue weighted by atomic mass is 16.3. The minimum Gasteiger partial charge on any atom is -0.508 e. The second-order valence-corrected chi connectivity index (χ2v) is 7.21. The molecule has 2 aliphatic rings. The van der Waals surface area contributed by atoms with Gasteiger partial charge in [0.15, 0.2) is 0 Å². The fraction of sp³-hybridized carbons (Fsp3) is 0.579. The molecule has 1 aromatic carbocycles. The van der Waals surface area contributed by atoms with Crippen LogP contribution in [0.4, 0.5) is 0 Å². The Labute approximate surface area is 131 Å². The average molecular weight is 300 g/mol. The molecule has 1 N–H and O–H groups in total. The number of Topliss-reactive ketones (excluding diaryl/α,β-unsaturated/α-hetero) is 2. The molecule has 3 rings (SSSR count). The lowest BCUT2D eigenvalue weighted by atomic mass is 9.62. The van der Waals surface area contributed by atoms with Crippen molar-refractivity contribution < 1.29 is 14.7 Å². The molecule has 0 bridgehead atoms. The van der Waals surface area contributed by atoms with Gasteiger partial charge < -0.3 is 5.11 Å². The van der Waals surface area contributed by atoms with Crippen LogP contribution < -0.4 is 0 Å². The van der Waals surface area contributed by atoms with Crippen molar-refractivity contribution in [1.82, 2.24) is 0 Å². The van der Waals surface area contributed by atoms with Gasteiger partial charge in [0.1, 0.15) is 17.3 Å². The van der Waals surface area contributed by atoms with Crippen molar-refractivity contribution in [1.29, 1.82) is 0 Å². The number of carbonyl (C=O) groups excluding carboxylic acids is 2. The van der Waals surface area contributed by atoms with Crippen LogP contribution >= 0.6 is 0 Å².